The van der Waals surface area contributed by atoms with Gasteiger partial charge in [0.2, 0.25) is 0 Å². The highest BCUT2D eigenvalue weighted by molar-refractivity contribution is 6.34. The van der Waals surface area contributed by atoms with Gasteiger partial charge >= 0.3 is 0 Å². The molecule has 2 saturated heterocycles. The van der Waals surface area contributed by atoms with Crippen LogP contribution in [0.25, 0.3) is 0 Å². The molecule has 0 saturated carbocycles. The van der Waals surface area contributed by atoms with Gasteiger partial charge in [0.25, 0.3) is 0 Å². The average Bonchev–Trinajstić information content (AvgIpc) is 2.98. The Morgan fingerprint density at radius 1 is 1.05 bits per heavy atom. The smallest absolute Gasteiger partial charge is 0.0480 e. The van der Waals surface area contributed by atoms with Crippen molar-refractivity contribution in [2.45, 2.75) is 37.9 Å². The van der Waals surface area contributed by atoms with E-state index in [1.165, 1.54) is 12.0 Å². The lowest BCUT2D eigenvalue weighted by Crippen LogP contribution is -2.46. The molecule has 116 valence electrons. The molecule has 3 rings (SSSR count). The number of benzene rings is 1. The van der Waals surface area contributed by atoms with E-state index in [4.69, 9.17) is 27.9 Å². The summed E-state index contributed by atoms with van der Waals surface area (Å²) in [4.78, 5) is 2.63. The van der Waals surface area contributed by atoms with Gasteiger partial charge in [0.1, 0.15) is 0 Å². The van der Waals surface area contributed by atoms with Gasteiger partial charge in [0, 0.05) is 48.4 Å². The lowest BCUT2D eigenvalue weighted by Gasteiger charge is -2.38. The average molecular weight is 329 g/mol. The minimum Gasteiger partial charge on any atom is -0.381 e. The maximum atomic E-state index is 6.14. The highest BCUT2D eigenvalue weighted by Crippen LogP contribution is 2.26. The Bertz CT molecular complexity index is 451. The third-order valence-corrected chi connectivity index (χ3v) is 4.89. The maximum absolute atomic E-state index is 6.14. The van der Waals surface area contributed by atoms with Gasteiger partial charge in [-0.2, -0.15) is 0 Å². The molecule has 1 aromatic carbocycles. The van der Waals surface area contributed by atoms with Crippen LogP contribution >= 0.6 is 23.2 Å². The predicted octanol–water partition coefficient (Wildman–Crippen LogP) is 3.34. The summed E-state index contributed by atoms with van der Waals surface area (Å²) in [5.74, 6) is 0. The number of halogens is 2. The molecule has 0 aromatic heterocycles. The van der Waals surface area contributed by atoms with Crippen LogP contribution in [0.5, 0.6) is 0 Å². The van der Waals surface area contributed by atoms with Crippen LogP contribution in [-0.2, 0) is 11.3 Å². The first-order valence-corrected chi connectivity index (χ1v) is 8.47. The molecule has 0 unspecified atom stereocenters. The zero-order valence-electron chi connectivity index (χ0n) is 12.2. The summed E-state index contributed by atoms with van der Waals surface area (Å²) in [7, 11) is 0. The van der Waals surface area contributed by atoms with Crippen molar-refractivity contribution in [2.75, 3.05) is 26.3 Å². The largest absolute Gasteiger partial charge is 0.381 e. The molecular weight excluding hydrogens is 307 g/mol. The molecule has 0 radical (unpaired) electrons. The van der Waals surface area contributed by atoms with Crippen molar-refractivity contribution in [3.05, 3.63) is 33.8 Å². The van der Waals surface area contributed by atoms with E-state index in [0.717, 1.165) is 45.7 Å². The van der Waals surface area contributed by atoms with E-state index in [1.807, 2.05) is 12.1 Å². The van der Waals surface area contributed by atoms with Gasteiger partial charge in [0.05, 0.1) is 0 Å². The van der Waals surface area contributed by atoms with E-state index in [0.29, 0.717) is 22.1 Å². The van der Waals surface area contributed by atoms with E-state index < -0.39 is 0 Å². The lowest BCUT2D eigenvalue weighted by molar-refractivity contribution is 0.0159. The van der Waals surface area contributed by atoms with Gasteiger partial charge in [-0.1, -0.05) is 23.2 Å². The minimum absolute atomic E-state index is 0.599. The SMILES string of the molecule is Clc1cc(Cl)cc(CN(C2CCOCC2)[C@H]2CCNC2)c1. The van der Waals surface area contributed by atoms with E-state index in [1.54, 1.807) is 6.07 Å². The zero-order chi connectivity index (χ0) is 14.7. The molecule has 5 heteroatoms. The Hall–Kier alpha value is -0.320. The van der Waals surface area contributed by atoms with E-state index >= 15 is 0 Å². The Labute approximate surface area is 136 Å². The van der Waals surface area contributed by atoms with Gasteiger partial charge in [-0.3, -0.25) is 4.90 Å². The summed E-state index contributed by atoms with van der Waals surface area (Å²) >= 11 is 12.3. The van der Waals surface area contributed by atoms with E-state index in [9.17, 15) is 0 Å². The van der Waals surface area contributed by atoms with E-state index in [2.05, 4.69) is 10.2 Å². The summed E-state index contributed by atoms with van der Waals surface area (Å²) < 4.78 is 5.52. The number of hydrogen-bond acceptors (Lipinski definition) is 3. The van der Waals surface area contributed by atoms with Crippen molar-refractivity contribution in [3.63, 3.8) is 0 Å². The molecular formula is C16H22Cl2N2O. The van der Waals surface area contributed by atoms with Gasteiger partial charge in [-0.25, -0.2) is 0 Å². The first kappa shape index (κ1) is 15.6. The third-order valence-electron chi connectivity index (χ3n) is 4.45. The van der Waals surface area contributed by atoms with Gasteiger partial charge in [0.15, 0.2) is 0 Å². The molecule has 0 aliphatic carbocycles. The number of nitrogens with one attached hydrogen (secondary N) is 1. The molecule has 2 aliphatic heterocycles. The molecule has 1 N–H and O–H groups in total. The zero-order valence-corrected chi connectivity index (χ0v) is 13.7. The Kier molecular flexibility index (Phi) is 5.41. The summed E-state index contributed by atoms with van der Waals surface area (Å²) in [6.45, 7) is 4.85. The van der Waals surface area contributed by atoms with Crippen LogP contribution in [0.2, 0.25) is 10.0 Å². The first-order valence-electron chi connectivity index (χ1n) is 7.71. The first-order chi connectivity index (χ1) is 10.2. The summed E-state index contributed by atoms with van der Waals surface area (Å²) in [6.07, 6.45) is 3.45. The van der Waals surface area contributed by atoms with Crippen molar-refractivity contribution in [2.24, 2.45) is 0 Å². The quantitative estimate of drug-likeness (QED) is 0.917. The van der Waals surface area contributed by atoms with Crippen LogP contribution in [0.3, 0.4) is 0 Å². The highest BCUT2D eigenvalue weighted by atomic mass is 35.5. The second kappa shape index (κ2) is 7.30. The van der Waals surface area contributed by atoms with Crippen molar-refractivity contribution in [1.29, 1.82) is 0 Å². The summed E-state index contributed by atoms with van der Waals surface area (Å²) in [5.41, 5.74) is 1.20. The van der Waals surface area contributed by atoms with Crippen molar-refractivity contribution in [3.8, 4) is 0 Å². The molecule has 0 amide bonds. The number of rotatable bonds is 4. The topological polar surface area (TPSA) is 24.5 Å². The molecule has 3 nitrogen and oxygen atoms in total. The molecule has 21 heavy (non-hydrogen) atoms. The third kappa shape index (κ3) is 4.11. The van der Waals surface area contributed by atoms with Crippen LogP contribution in [0.15, 0.2) is 18.2 Å². The number of hydrogen-bond donors (Lipinski definition) is 1. The molecule has 1 aromatic rings. The Morgan fingerprint density at radius 3 is 2.38 bits per heavy atom. The van der Waals surface area contributed by atoms with Gasteiger partial charge < -0.3 is 10.1 Å². The molecule has 0 bridgehead atoms. The maximum Gasteiger partial charge on any atom is 0.0480 e. The standard InChI is InChI=1S/C16H22Cl2N2O/c17-13-7-12(8-14(18)9-13)11-20(16-1-4-19-10-16)15-2-5-21-6-3-15/h7-9,15-16,19H,1-6,10-11H2/t16-/m0/s1. The van der Waals surface area contributed by atoms with E-state index in [-0.39, 0.29) is 0 Å². The summed E-state index contributed by atoms with van der Waals surface area (Å²) in [5, 5.41) is 4.91. The molecule has 0 spiro atoms. The molecule has 2 aliphatic rings. The van der Waals surface area contributed by atoms with Gasteiger partial charge in [-0.15, -0.1) is 0 Å². The second-order valence-corrected chi connectivity index (χ2v) is 6.81. The van der Waals surface area contributed by atoms with Crippen LogP contribution in [0.1, 0.15) is 24.8 Å². The van der Waals surface area contributed by atoms with Crippen LogP contribution in [0.4, 0.5) is 0 Å². The Balaban J connectivity index is 1.77. The van der Waals surface area contributed by atoms with Crippen molar-refractivity contribution < 1.29 is 4.74 Å². The monoisotopic (exact) mass is 328 g/mol. The predicted molar refractivity (Wildman–Crippen MR) is 87.1 cm³/mol. The number of nitrogens with zero attached hydrogens (tertiary/aromatic N) is 1. The molecule has 2 fully saturated rings. The number of ether oxygens (including phenoxy) is 1. The fraction of sp³-hybridized carbons (Fsp3) is 0.625. The lowest BCUT2D eigenvalue weighted by atomic mass is 10.0. The van der Waals surface area contributed by atoms with Crippen molar-refractivity contribution >= 4 is 23.2 Å². The Morgan fingerprint density at radius 2 is 1.76 bits per heavy atom. The normalized spacial score (nSPS) is 23.9. The molecule has 2 heterocycles. The van der Waals surface area contributed by atoms with Crippen LogP contribution < -0.4 is 5.32 Å². The second-order valence-electron chi connectivity index (χ2n) is 5.94. The van der Waals surface area contributed by atoms with Gasteiger partial charge in [-0.05, 0) is 49.6 Å². The van der Waals surface area contributed by atoms with Crippen LogP contribution in [-0.4, -0.2) is 43.3 Å². The minimum atomic E-state index is 0.599. The fourth-order valence-electron chi connectivity index (χ4n) is 3.41. The van der Waals surface area contributed by atoms with Crippen LogP contribution in [0, 0.1) is 0 Å². The summed E-state index contributed by atoms with van der Waals surface area (Å²) in [6, 6.07) is 7.06. The molecule has 1 atom stereocenters. The highest BCUT2D eigenvalue weighted by Gasteiger charge is 2.29. The fourth-order valence-corrected chi connectivity index (χ4v) is 3.98. The van der Waals surface area contributed by atoms with Crippen molar-refractivity contribution in [1.82, 2.24) is 10.2 Å².